The van der Waals surface area contributed by atoms with E-state index in [1.165, 1.54) is 50.2 Å². The van der Waals surface area contributed by atoms with E-state index in [9.17, 15) is 0 Å². The van der Waals surface area contributed by atoms with Gasteiger partial charge in [-0.25, -0.2) is 0 Å². The highest BCUT2D eigenvalue weighted by Gasteiger charge is 2.15. The Hall–Kier alpha value is -1.56. The van der Waals surface area contributed by atoms with Gasteiger partial charge in [-0.1, -0.05) is 6.92 Å². The predicted octanol–water partition coefficient (Wildman–Crippen LogP) is 3.04. The van der Waals surface area contributed by atoms with E-state index in [-0.39, 0.29) is 0 Å². The molecule has 0 radical (unpaired) electrons. The van der Waals surface area contributed by atoms with Crippen molar-refractivity contribution in [3.8, 4) is 0 Å². The highest BCUT2D eigenvalue weighted by atomic mass is 15.3. The van der Waals surface area contributed by atoms with Crippen molar-refractivity contribution in [1.29, 1.82) is 0 Å². The maximum atomic E-state index is 4.79. The van der Waals surface area contributed by atoms with Gasteiger partial charge in [0.1, 0.15) is 0 Å². The van der Waals surface area contributed by atoms with Crippen LogP contribution in [-0.2, 0) is 13.5 Å². The monoisotopic (exact) mass is 390 g/mol. The number of guanidine groups is 1. The van der Waals surface area contributed by atoms with Crippen molar-refractivity contribution in [2.75, 3.05) is 32.7 Å². The van der Waals surface area contributed by atoms with Gasteiger partial charge >= 0.3 is 0 Å². The fourth-order valence-electron chi connectivity index (χ4n) is 3.95. The molecule has 1 aliphatic rings. The average molecular weight is 391 g/mol. The molecular weight excluding hydrogens is 348 g/mol. The number of unbranched alkanes of at least 4 members (excludes halogenated alkanes) is 1. The summed E-state index contributed by atoms with van der Waals surface area (Å²) in [6, 6.07) is 0.315. The van der Waals surface area contributed by atoms with Crippen LogP contribution in [0.3, 0.4) is 0 Å². The Bertz CT molecular complexity index is 613. The third-order valence-electron chi connectivity index (χ3n) is 5.93. The van der Waals surface area contributed by atoms with Crippen LogP contribution in [0.2, 0.25) is 0 Å². The molecule has 2 N–H and O–H groups in total. The Morgan fingerprint density at radius 1 is 1.25 bits per heavy atom. The van der Waals surface area contributed by atoms with Crippen LogP contribution in [0.5, 0.6) is 0 Å². The van der Waals surface area contributed by atoms with E-state index in [1.807, 2.05) is 11.7 Å². The summed E-state index contributed by atoms with van der Waals surface area (Å²) in [5.74, 6) is 1.84. The average Bonchev–Trinajstić information content (AvgIpc) is 2.89. The Kier molecular flexibility index (Phi) is 9.29. The molecule has 2 heterocycles. The fourth-order valence-corrected chi connectivity index (χ4v) is 3.95. The topological polar surface area (TPSA) is 57.5 Å². The molecule has 0 bridgehead atoms. The van der Waals surface area contributed by atoms with Crippen LogP contribution >= 0.6 is 0 Å². The zero-order valence-electron chi connectivity index (χ0n) is 19.0. The first-order chi connectivity index (χ1) is 13.4. The second kappa shape index (κ2) is 11.4. The predicted molar refractivity (Wildman–Crippen MR) is 119 cm³/mol. The van der Waals surface area contributed by atoms with Crippen LogP contribution < -0.4 is 10.6 Å². The summed E-state index contributed by atoms with van der Waals surface area (Å²) in [6.45, 7) is 16.5. The minimum atomic E-state index is 0.315. The highest BCUT2D eigenvalue weighted by Crippen LogP contribution is 2.16. The van der Waals surface area contributed by atoms with Gasteiger partial charge in [0.05, 0.1) is 5.69 Å². The highest BCUT2D eigenvalue weighted by molar-refractivity contribution is 5.80. The minimum Gasteiger partial charge on any atom is -0.357 e. The summed E-state index contributed by atoms with van der Waals surface area (Å²) in [5.41, 5.74) is 3.72. The number of likely N-dealkylation sites (tertiary alicyclic amines) is 1. The molecular formula is C22H42N6. The maximum Gasteiger partial charge on any atom is 0.191 e. The van der Waals surface area contributed by atoms with E-state index in [4.69, 9.17) is 4.99 Å². The zero-order valence-corrected chi connectivity index (χ0v) is 19.0. The van der Waals surface area contributed by atoms with Crippen LogP contribution in [0.4, 0.5) is 0 Å². The van der Waals surface area contributed by atoms with Gasteiger partial charge in [-0.05, 0) is 90.9 Å². The Morgan fingerprint density at radius 2 is 1.96 bits per heavy atom. The fraction of sp³-hybridized carbons (Fsp3) is 0.818. The number of hydrogen-bond donors (Lipinski definition) is 2. The van der Waals surface area contributed by atoms with E-state index in [0.29, 0.717) is 6.04 Å². The van der Waals surface area contributed by atoms with Gasteiger partial charge in [-0.15, -0.1) is 0 Å². The van der Waals surface area contributed by atoms with Crippen molar-refractivity contribution in [2.45, 2.75) is 72.8 Å². The molecule has 1 aromatic rings. The Morgan fingerprint density at radius 3 is 2.57 bits per heavy atom. The summed E-state index contributed by atoms with van der Waals surface area (Å²) < 4.78 is 1.97. The first-order valence-electron chi connectivity index (χ1n) is 11.2. The lowest BCUT2D eigenvalue weighted by molar-refractivity contribution is 0.190. The van der Waals surface area contributed by atoms with E-state index < -0.39 is 0 Å². The van der Waals surface area contributed by atoms with Gasteiger partial charge in [0.15, 0.2) is 5.96 Å². The number of aromatic nitrogens is 2. The summed E-state index contributed by atoms with van der Waals surface area (Å²) in [7, 11) is 2.01. The number of nitrogens with zero attached hydrogens (tertiary/aromatic N) is 4. The molecule has 6 nitrogen and oxygen atoms in total. The summed E-state index contributed by atoms with van der Waals surface area (Å²) in [4.78, 5) is 7.41. The largest absolute Gasteiger partial charge is 0.357 e. The minimum absolute atomic E-state index is 0.315. The third-order valence-corrected chi connectivity index (χ3v) is 5.93. The number of piperidine rings is 1. The van der Waals surface area contributed by atoms with Gasteiger partial charge < -0.3 is 15.5 Å². The Balaban J connectivity index is 1.74. The van der Waals surface area contributed by atoms with E-state index in [2.05, 4.69) is 55.3 Å². The second-order valence-electron chi connectivity index (χ2n) is 8.51. The summed E-state index contributed by atoms with van der Waals surface area (Å²) in [6.07, 6.45) is 6.07. The first-order valence-corrected chi connectivity index (χ1v) is 11.2. The maximum absolute atomic E-state index is 4.79. The molecule has 0 spiro atoms. The van der Waals surface area contributed by atoms with Crippen molar-refractivity contribution >= 4 is 5.96 Å². The number of aryl methyl sites for hydroxylation is 2. The van der Waals surface area contributed by atoms with Gasteiger partial charge in [0.25, 0.3) is 0 Å². The van der Waals surface area contributed by atoms with Crippen molar-refractivity contribution in [2.24, 2.45) is 18.0 Å². The van der Waals surface area contributed by atoms with Crippen molar-refractivity contribution < 1.29 is 0 Å². The quantitative estimate of drug-likeness (QED) is 0.387. The molecule has 0 amide bonds. The number of aliphatic imine (C=N–C) groups is 1. The molecule has 1 aromatic heterocycles. The van der Waals surface area contributed by atoms with Crippen LogP contribution in [0.15, 0.2) is 4.99 Å². The molecule has 1 aliphatic heterocycles. The molecule has 160 valence electrons. The normalized spacial score (nSPS) is 17.7. The van der Waals surface area contributed by atoms with Crippen LogP contribution in [0.1, 0.15) is 63.4 Å². The summed E-state index contributed by atoms with van der Waals surface area (Å²) in [5, 5.41) is 11.5. The van der Waals surface area contributed by atoms with Crippen LogP contribution in [-0.4, -0.2) is 59.4 Å². The lowest BCUT2D eigenvalue weighted by Crippen LogP contribution is -2.43. The Labute approximate surface area is 172 Å². The van der Waals surface area contributed by atoms with Crippen molar-refractivity contribution in [3.05, 3.63) is 17.0 Å². The standard InChI is InChI=1S/C22H42N6/c1-7-23-22(24-12-8-9-13-28-14-10-17(2)11-15-28)25-18(3)16-21-19(4)26-27(6)20(21)5/h17-18H,7-16H2,1-6H3,(H2,23,24,25). The molecule has 1 atom stereocenters. The lowest BCUT2D eigenvalue weighted by Gasteiger charge is -2.30. The third kappa shape index (κ3) is 7.12. The van der Waals surface area contributed by atoms with E-state index in [0.717, 1.165) is 43.5 Å². The smallest absolute Gasteiger partial charge is 0.191 e. The van der Waals surface area contributed by atoms with Crippen LogP contribution in [0, 0.1) is 19.8 Å². The molecule has 1 saturated heterocycles. The van der Waals surface area contributed by atoms with Gasteiger partial charge in [0, 0.05) is 31.9 Å². The molecule has 1 fully saturated rings. The molecule has 0 aliphatic carbocycles. The first kappa shape index (κ1) is 22.7. The lowest BCUT2D eigenvalue weighted by atomic mass is 9.99. The molecule has 2 rings (SSSR count). The van der Waals surface area contributed by atoms with E-state index >= 15 is 0 Å². The molecule has 0 saturated carbocycles. The van der Waals surface area contributed by atoms with Gasteiger partial charge in [0.2, 0.25) is 0 Å². The molecule has 6 heteroatoms. The van der Waals surface area contributed by atoms with Gasteiger partial charge in [-0.2, -0.15) is 5.10 Å². The molecule has 0 aromatic carbocycles. The SMILES string of the molecule is CCNC(=NCCCCN1CCC(C)CC1)NC(C)Cc1c(C)nn(C)c1C. The molecule has 28 heavy (non-hydrogen) atoms. The number of nitrogens with one attached hydrogen (secondary N) is 2. The second-order valence-corrected chi connectivity index (χ2v) is 8.51. The van der Waals surface area contributed by atoms with Crippen molar-refractivity contribution in [1.82, 2.24) is 25.3 Å². The number of hydrogen-bond acceptors (Lipinski definition) is 3. The molecule has 1 unspecified atom stereocenters. The number of rotatable bonds is 9. The van der Waals surface area contributed by atoms with E-state index in [1.54, 1.807) is 0 Å². The van der Waals surface area contributed by atoms with Gasteiger partial charge in [-0.3, -0.25) is 9.67 Å². The van der Waals surface area contributed by atoms with Crippen LogP contribution in [0.25, 0.3) is 0 Å². The summed E-state index contributed by atoms with van der Waals surface area (Å²) >= 11 is 0. The zero-order chi connectivity index (χ0) is 20.5. The van der Waals surface area contributed by atoms with Crippen molar-refractivity contribution in [3.63, 3.8) is 0 Å².